The van der Waals surface area contributed by atoms with Gasteiger partial charge in [0, 0.05) is 33.4 Å². The molecule has 30 heavy (non-hydrogen) atoms. The van der Waals surface area contributed by atoms with E-state index in [-0.39, 0.29) is 5.56 Å². The minimum Gasteiger partial charge on any atom is -0.456 e. The van der Waals surface area contributed by atoms with E-state index < -0.39 is 12.7 Å². The summed E-state index contributed by atoms with van der Waals surface area (Å²) in [5, 5.41) is 3.82. The van der Waals surface area contributed by atoms with E-state index in [9.17, 15) is 0 Å². The van der Waals surface area contributed by atoms with Crippen molar-refractivity contribution in [2.24, 2.45) is 0 Å². The van der Waals surface area contributed by atoms with Gasteiger partial charge in [0.05, 0.1) is 11.1 Å². The lowest BCUT2D eigenvalue weighted by Gasteiger charge is -2.11. The third-order valence-corrected chi connectivity index (χ3v) is 5.72. The monoisotopic (exact) mass is 395 g/mol. The summed E-state index contributed by atoms with van der Waals surface area (Å²) in [7, 11) is 0. The van der Waals surface area contributed by atoms with Crippen molar-refractivity contribution in [1.82, 2.24) is 4.98 Å². The topological polar surface area (TPSA) is 39.2 Å². The first-order valence-electron chi connectivity index (χ1n) is 11.9. The predicted octanol–water partition coefficient (Wildman–Crippen LogP) is 7.98. The van der Waals surface area contributed by atoms with Crippen LogP contribution in [0.4, 0.5) is 0 Å². The van der Waals surface area contributed by atoms with Gasteiger partial charge < -0.3 is 8.83 Å². The van der Waals surface area contributed by atoms with Crippen LogP contribution in [0, 0.1) is 6.85 Å². The molecule has 0 spiro atoms. The minimum atomic E-state index is -2.35. The molecule has 0 saturated heterocycles. The first-order valence-corrected chi connectivity index (χ1v) is 9.90. The van der Waals surface area contributed by atoms with E-state index in [1.165, 1.54) is 6.20 Å². The highest BCUT2D eigenvalue weighted by Crippen LogP contribution is 2.41. The first-order chi connectivity index (χ1) is 16.1. The van der Waals surface area contributed by atoms with Gasteiger partial charge in [0.2, 0.25) is 0 Å². The number of para-hydroxylation sites is 2. The standard InChI is InChI=1S/C27H21NO2/c1-15(2)21-13-22(28-14-16(21)3)19-9-6-8-17-18-11-12-24-25(27(18)30-26(17)19)20-7-4-5-10-23(20)29-24/h4-15H,1-3H3/i3D3,15D. The molecule has 146 valence electrons. The highest BCUT2D eigenvalue weighted by molar-refractivity contribution is 6.22. The molecular weight excluding hydrogens is 370 g/mol. The maximum absolute atomic E-state index is 8.54. The summed E-state index contributed by atoms with van der Waals surface area (Å²) in [5.74, 6) is -1.11. The molecule has 0 aliphatic carbocycles. The number of nitrogens with zero attached hydrogens (tertiary/aromatic N) is 1. The van der Waals surface area contributed by atoms with Crippen molar-refractivity contribution >= 4 is 43.9 Å². The van der Waals surface area contributed by atoms with Crippen LogP contribution >= 0.6 is 0 Å². The van der Waals surface area contributed by atoms with Gasteiger partial charge in [-0.05, 0) is 54.2 Å². The Morgan fingerprint density at radius 3 is 2.57 bits per heavy atom. The molecule has 0 amide bonds. The zero-order valence-corrected chi connectivity index (χ0v) is 16.6. The summed E-state index contributed by atoms with van der Waals surface area (Å²) in [6, 6.07) is 19.4. The summed E-state index contributed by atoms with van der Waals surface area (Å²) >= 11 is 0. The van der Waals surface area contributed by atoms with Crippen molar-refractivity contribution in [2.45, 2.75) is 26.6 Å². The average Bonchev–Trinajstić information content (AvgIpc) is 3.35. The van der Waals surface area contributed by atoms with E-state index in [1.807, 2.05) is 54.6 Å². The Balaban J connectivity index is 1.66. The molecule has 0 radical (unpaired) electrons. The normalized spacial score (nSPS) is 14.9. The van der Waals surface area contributed by atoms with Gasteiger partial charge in [0.25, 0.3) is 0 Å². The Labute approximate surface area is 179 Å². The van der Waals surface area contributed by atoms with Crippen LogP contribution in [0.5, 0.6) is 0 Å². The molecule has 0 atom stereocenters. The molecule has 6 aromatic rings. The lowest BCUT2D eigenvalue weighted by Crippen LogP contribution is -1.95. The maximum Gasteiger partial charge on any atom is 0.147 e. The van der Waals surface area contributed by atoms with Crippen LogP contribution in [0.2, 0.25) is 0 Å². The van der Waals surface area contributed by atoms with Crippen molar-refractivity contribution in [3.05, 3.63) is 78.0 Å². The number of pyridine rings is 1. The Bertz CT molecular complexity index is 1740. The zero-order valence-electron chi connectivity index (χ0n) is 20.6. The number of rotatable bonds is 2. The summed E-state index contributed by atoms with van der Waals surface area (Å²) in [5.41, 5.74) is 4.80. The van der Waals surface area contributed by atoms with Crippen molar-refractivity contribution in [1.29, 1.82) is 0 Å². The number of aromatic nitrogens is 1. The minimum absolute atomic E-state index is 0.0969. The molecule has 3 heteroatoms. The van der Waals surface area contributed by atoms with Crippen LogP contribution < -0.4 is 0 Å². The van der Waals surface area contributed by atoms with E-state index in [2.05, 4.69) is 4.98 Å². The largest absolute Gasteiger partial charge is 0.456 e. The first kappa shape index (κ1) is 13.6. The van der Waals surface area contributed by atoms with Gasteiger partial charge in [0.15, 0.2) is 0 Å². The van der Waals surface area contributed by atoms with Crippen LogP contribution in [-0.4, -0.2) is 4.98 Å². The zero-order chi connectivity index (χ0) is 23.8. The summed E-state index contributed by atoms with van der Waals surface area (Å²) in [4.78, 5) is 4.49. The van der Waals surface area contributed by atoms with E-state index in [4.69, 9.17) is 14.3 Å². The average molecular weight is 395 g/mol. The Hall–Kier alpha value is -3.59. The third kappa shape index (κ3) is 2.35. The molecule has 0 bridgehead atoms. The van der Waals surface area contributed by atoms with E-state index >= 15 is 0 Å². The Kier molecular flexibility index (Phi) is 2.81. The summed E-state index contributed by atoms with van der Waals surface area (Å²) < 4.78 is 44.7. The van der Waals surface area contributed by atoms with Gasteiger partial charge in [-0.1, -0.05) is 44.2 Å². The molecule has 0 saturated carbocycles. The molecule has 0 aliphatic rings. The van der Waals surface area contributed by atoms with E-state index in [0.717, 1.165) is 43.9 Å². The van der Waals surface area contributed by atoms with Gasteiger partial charge in [-0.25, -0.2) is 0 Å². The summed E-state index contributed by atoms with van der Waals surface area (Å²) in [6.07, 6.45) is 1.37. The van der Waals surface area contributed by atoms with Gasteiger partial charge in [0.1, 0.15) is 22.3 Å². The fraction of sp³-hybridized carbons (Fsp3) is 0.148. The molecule has 3 nitrogen and oxygen atoms in total. The molecule has 0 fully saturated rings. The predicted molar refractivity (Wildman–Crippen MR) is 123 cm³/mol. The van der Waals surface area contributed by atoms with Gasteiger partial charge in [-0.2, -0.15) is 0 Å². The fourth-order valence-electron chi connectivity index (χ4n) is 4.28. The van der Waals surface area contributed by atoms with Gasteiger partial charge >= 0.3 is 0 Å². The molecular formula is C27H21NO2. The third-order valence-electron chi connectivity index (χ3n) is 5.72. The lowest BCUT2D eigenvalue weighted by atomic mass is 9.97. The fourth-order valence-corrected chi connectivity index (χ4v) is 4.28. The van der Waals surface area contributed by atoms with Gasteiger partial charge in [-0.15, -0.1) is 0 Å². The summed E-state index contributed by atoms with van der Waals surface area (Å²) in [6.45, 7) is 1.02. The van der Waals surface area contributed by atoms with Crippen molar-refractivity contribution in [3.63, 3.8) is 0 Å². The molecule has 3 aromatic carbocycles. The second kappa shape index (κ2) is 6.20. The molecule has 6 rings (SSSR count). The molecule has 0 aliphatic heterocycles. The number of fused-ring (bicyclic) bond motifs is 7. The SMILES string of the molecule is [2H]C([2H])([2H])c1cnc(-c2cccc3c2oc2c3ccc3oc4ccccc4c32)cc1C([2H])(C)C. The number of hydrogen-bond acceptors (Lipinski definition) is 3. The Morgan fingerprint density at radius 1 is 0.867 bits per heavy atom. The molecule has 0 unspecified atom stereocenters. The lowest BCUT2D eigenvalue weighted by molar-refractivity contribution is 0.663. The quantitative estimate of drug-likeness (QED) is 0.298. The smallest absolute Gasteiger partial charge is 0.147 e. The van der Waals surface area contributed by atoms with Crippen molar-refractivity contribution < 1.29 is 14.3 Å². The van der Waals surface area contributed by atoms with E-state index in [1.54, 1.807) is 19.9 Å². The second-order valence-corrected chi connectivity index (χ2v) is 7.81. The van der Waals surface area contributed by atoms with Crippen LogP contribution in [0.1, 0.15) is 36.4 Å². The van der Waals surface area contributed by atoms with Crippen LogP contribution in [-0.2, 0) is 0 Å². The van der Waals surface area contributed by atoms with Crippen LogP contribution in [0.3, 0.4) is 0 Å². The maximum atomic E-state index is 8.54. The van der Waals surface area contributed by atoms with Gasteiger partial charge in [-0.3, -0.25) is 4.98 Å². The van der Waals surface area contributed by atoms with Crippen LogP contribution in [0.25, 0.3) is 55.1 Å². The number of aryl methyl sites for hydroxylation is 1. The number of hydrogen-bond donors (Lipinski definition) is 0. The van der Waals surface area contributed by atoms with Crippen molar-refractivity contribution in [3.8, 4) is 11.3 Å². The molecule has 3 heterocycles. The molecule has 0 N–H and O–H groups in total. The Morgan fingerprint density at radius 2 is 1.70 bits per heavy atom. The van der Waals surface area contributed by atoms with E-state index in [0.29, 0.717) is 16.8 Å². The van der Waals surface area contributed by atoms with Crippen LogP contribution in [0.15, 0.2) is 75.7 Å². The second-order valence-electron chi connectivity index (χ2n) is 7.81. The highest BCUT2D eigenvalue weighted by atomic mass is 16.3. The number of benzene rings is 3. The molecule has 3 aromatic heterocycles. The number of furan rings is 2. The van der Waals surface area contributed by atoms with Crippen molar-refractivity contribution in [2.75, 3.05) is 0 Å². The highest BCUT2D eigenvalue weighted by Gasteiger charge is 2.18.